The van der Waals surface area contributed by atoms with Crippen molar-refractivity contribution in [3.8, 4) is 11.4 Å². The maximum absolute atomic E-state index is 6.56. The third kappa shape index (κ3) is 3.82. The monoisotopic (exact) mass is 457 g/mol. The molecule has 1 aliphatic carbocycles. The summed E-state index contributed by atoms with van der Waals surface area (Å²) in [4.78, 5) is 2.43. The van der Waals surface area contributed by atoms with Crippen LogP contribution in [0.5, 0.6) is 5.75 Å². The second-order valence-corrected chi connectivity index (χ2v) is 9.28. The number of nitrogens with zero attached hydrogens (tertiary/aromatic N) is 4. The average molecular weight is 458 g/mol. The molecule has 2 heterocycles. The van der Waals surface area contributed by atoms with Gasteiger partial charge in [-0.3, -0.25) is 9.47 Å². The molecule has 5 rings (SSSR count). The van der Waals surface area contributed by atoms with Crippen LogP contribution in [0, 0.1) is 13.8 Å². The van der Waals surface area contributed by atoms with Crippen LogP contribution < -0.4 is 10.5 Å². The lowest BCUT2D eigenvalue weighted by Crippen LogP contribution is -2.40. The number of benzene rings is 2. The molecule has 2 aliphatic rings. The van der Waals surface area contributed by atoms with Crippen LogP contribution in [0.3, 0.4) is 0 Å². The minimum absolute atomic E-state index is 0.152. The molecule has 3 atom stereocenters. The Labute approximate surface area is 191 Å². The Morgan fingerprint density at radius 1 is 1.06 bits per heavy atom. The highest BCUT2D eigenvalue weighted by atomic mass is 35.5. The smallest absolute Gasteiger partial charge is 0.140 e. The van der Waals surface area contributed by atoms with E-state index in [1.165, 1.54) is 0 Å². The molecule has 0 radical (unpaired) electrons. The fourth-order valence-electron chi connectivity index (χ4n) is 4.86. The van der Waals surface area contributed by atoms with Gasteiger partial charge in [-0.15, -0.1) is 10.2 Å². The normalized spacial score (nSPS) is 23.3. The second kappa shape index (κ2) is 8.10. The highest BCUT2D eigenvalue weighted by Crippen LogP contribution is 2.43. The number of halogens is 2. The van der Waals surface area contributed by atoms with Crippen LogP contribution in [-0.2, 0) is 6.42 Å². The number of hydrogen-bond donors (Lipinski definition) is 1. The molecule has 1 fully saturated rings. The number of hydrogen-bond acceptors (Lipinski definition) is 5. The third-order valence-corrected chi connectivity index (χ3v) is 6.89. The zero-order valence-corrected chi connectivity index (χ0v) is 19.1. The number of fused-ring (bicyclic) bond motifs is 1. The predicted octanol–water partition coefficient (Wildman–Crippen LogP) is 4.27. The number of ether oxygens (including phenoxy) is 1. The molecule has 1 unspecified atom stereocenters. The number of rotatable bonds is 4. The molecule has 2 aromatic carbocycles. The van der Waals surface area contributed by atoms with E-state index >= 15 is 0 Å². The summed E-state index contributed by atoms with van der Waals surface area (Å²) in [5.41, 5.74) is 9.39. The first-order valence-corrected chi connectivity index (χ1v) is 11.3. The van der Waals surface area contributed by atoms with E-state index in [-0.39, 0.29) is 18.2 Å². The minimum Gasteiger partial charge on any atom is -0.484 e. The van der Waals surface area contributed by atoms with Gasteiger partial charge in [0.15, 0.2) is 0 Å². The molecule has 6 nitrogen and oxygen atoms in total. The predicted molar refractivity (Wildman–Crippen MR) is 122 cm³/mol. The van der Waals surface area contributed by atoms with Gasteiger partial charge in [0.05, 0.1) is 6.04 Å². The molecule has 3 aromatic rings. The van der Waals surface area contributed by atoms with Gasteiger partial charge >= 0.3 is 0 Å². The van der Waals surface area contributed by atoms with Crippen LogP contribution in [0.4, 0.5) is 0 Å². The molecule has 31 heavy (non-hydrogen) atoms. The molecule has 1 aliphatic heterocycles. The summed E-state index contributed by atoms with van der Waals surface area (Å²) in [6.45, 7) is 5.72. The van der Waals surface area contributed by atoms with Crippen molar-refractivity contribution in [1.82, 2.24) is 19.7 Å². The summed E-state index contributed by atoms with van der Waals surface area (Å²) >= 11 is 12.9. The fraction of sp³-hybridized carbons (Fsp3) is 0.391. The lowest BCUT2D eigenvalue weighted by molar-refractivity contribution is 0.0933. The fourth-order valence-corrected chi connectivity index (χ4v) is 5.44. The molecule has 0 bridgehead atoms. The van der Waals surface area contributed by atoms with E-state index < -0.39 is 0 Å². The maximum atomic E-state index is 6.56. The van der Waals surface area contributed by atoms with E-state index in [0.717, 1.165) is 60.1 Å². The summed E-state index contributed by atoms with van der Waals surface area (Å²) in [5.74, 6) is 2.51. The molecule has 1 aromatic heterocycles. The van der Waals surface area contributed by atoms with Crippen molar-refractivity contribution in [1.29, 1.82) is 0 Å². The van der Waals surface area contributed by atoms with Gasteiger partial charge in [0.2, 0.25) is 0 Å². The standard InChI is InChI=1S/C23H25Cl2N5O/c1-13-27-28-14(2)30(13)17-3-5-18(6-4-17)31-23-20-9-15(24)10-21(25)19(20)11-22(23)29-8-7-16(26)12-29/h3-6,9-10,16,22-23H,7-8,11-12,26H2,1-2H3/t16?,22-,23-/m0/s1. The van der Waals surface area contributed by atoms with Gasteiger partial charge in [0.25, 0.3) is 0 Å². The molecule has 0 amide bonds. The average Bonchev–Trinajstić information content (AvgIpc) is 3.41. The summed E-state index contributed by atoms with van der Waals surface area (Å²) in [5, 5.41) is 9.62. The Morgan fingerprint density at radius 2 is 1.77 bits per heavy atom. The van der Waals surface area contributed by atoms with Crippen molar-refractivity contribution >= 4 is 23.2 Å². The number of likely N-dealkylation sites (tertiary alicyclic amines) is 1. The second-order valence-electron chi connectivity index (χ2n) is 8.43. The van der Waals surface area contributed by atoms with E-state index in [0.29, 0.717) is 10.0 Å². The summed E-state index contributed by atoms with van der Waals surface area (Å²) in [6, 6.07) is 12.2. The molecule has 162 valence electrons. The summed E-state index contributed by atoms with van der Waals surface area (Å²) in [6.07, 6.45) is 1.68. The Morgan fingerprint density at radius 3 is 2.42 bits per heavy atom. The lowest BCUT2D eigenvalue weighted by Gasteiger charge is -2.30. The zero-order valence-electron chi connectivity index (χ0n) is 17.6. The van der Waals surface area contributed by atoms with Gasteiger partial charge in [-0.25, -0.2) is 0 Å². The van der Waals surface area contributed by atoms with Gasteiger partial charge in [-0.1, -0.05) is 23.2 Å². The van der Waals surface area contributed by atoms with E-state index in [1.54, 1.807) is 0 Å². The topological polar surface area (TPSA) is 69.2 Å². The van der Waals surface area contributed by atoms with Crippen molar-refractivity contribution in [3.05, 3.63) is 69.2 Å². The molecule has 1 saturated heterocycles. The number of aromatic nitrogens is 3. The van der Waals surface area contributed by atoms with Crippen molar-refractivity contribution in [3.63, 3.8) is 0 Å². The van der Waals surface area contributed by atoms with Crippen molar-refractivity contribution in [2.24, 2.45) is 5.73 Å². The van der Waals surface area contributed by atoms with Gasteiger partial charge < -0.3 is 10.5 Å². The maximum Gasteiger partial charge on any atom is 0.140 e. The first kappa shape index (κ1) is 20.8. The Balaban J connectivity index is 1.46. The van der Waals surface area contributed by atoms with E-state index in [4.69, 9.17) is 33.7 Å². The van der Waals surface area contributed by atoms with Crippen molar-refractivity contribution in [2.45, 2.75) is 44.9 Å². The molecule has 0 spiro atoms. The van der Waals surface area contributed by atoms with Crippen LogP contribution in [-0.4, -0.2) is 44.8 Å². The highest BCUT2D eigenvalue weighted by Gasteiger charge is 2.41. The molecule has 0 saturated carbocycles. The zero-order chi connectivity index (χ0) is 21.7. The van der Waals surface area contributed by atoms with Crippen molar-refractivity contribution < 1.29 is 4.74 Å². The number of aryl methyl sites for hydroxylation is 2. The Hall–Kier alpha value is -2.12. The lowest BCUT2D eigenvalue weighted by atomic mass is 10.1. The summed E-state index contributed by atoms with van der Waals surface area (Å²) in [7, 11) is 0. The highest BCUT2D eigenvalue weighted by molar-refractivity contribution is 6.35. The largest absolute Gasteiger partial charge is 0.484 e. The first-order chi connectivity index (χ1) is 14.9. The van der Waals surface area contributed by atoms with Gasteiger partial charge in [0, 0.05) is 40.4 Å². The summed E-state index contributed by atoms with van der Waals surface area (Å²) < 4.78 is 8.58. The molecule has 2 N–H and O–H groups in total. The Kier molecular flexibility index (Phi) is 5.42. The van der Waals surface area contributed by atoms with Crippen LogP contribution in [0.2, 0.25) is 10.0 Å². The molecular weight excluding hydrogens is 433 g/mol. The van der Waals surface area contributed by atoms with E-state index in [9.17, 15) is 0 Å². The van der Waals surface area contributed by atoms with Gasteiger partial charge in [0.1, 0.15) is 23.5 Å². The van der Waals surface area contributed by atoms with Crippen LogP contribution in [0.1, 0.15) is 35.3 Å². The SMILES string of the molecule is Cc1nnc(C)n1-c1ccc(O[C@H]2c3cc(Cl)cc(Cl)c3C[C@@H]2N2CCC(N)C2)cc1. The van der Waals surface area contributed by atoms with Crippen LogP contribution in [0.15, 0.2) is 36.4 Å². The third-order valence-electron chi connectivity index (χ3n) is 6.33. The minimum atomic E-state index is -0.152. The van der Waals surface area contributed by atoms with Crippen LogP contribution >= 0.6 is 23.2 Å². The quantitative estimate of drug-likeness (QED) is 0.633. The first-order valence-electron chi connectivity index (χ1n) is 10.5. The van der Waals surface area contributed by atoms with Crippen molar-refractivity contribution in [2.75, 3.05) is 13.1 Å². The Bertz CT molecular complexity index is 1090. The van der Waals surface area contributed by atoms with Gasteiger partial charge in [-0.2, -0.15) is 0 Å². The van der Waals surface area contributed by atoms with E-state index in [2.05, 4.69) is 15.1 Å². The van der Waals surface area contributed by atoms with Crippen LogP contribution in [0.25, 0.3) is 5.69 Å². The molecule has 8 heteroatoms. The molecular formula is C23H25Cl2N5O. The number of nitrogens with two attached hydrogens (primary N) is 1. The van der Waals surface area contributed by atoms with E-state index in [1.807, 2.05) is 54.8 Å². The van der Waals surface area contributed by atoms with Gasteiger partial charge in [-0.05, 0) is 68.7 Å².